The van der Waals surface area contributed by atoms with Crippen LogP contribution in [-0.2, 0) is 10.8 Å². The molecule has 5 nitrogen and oxygen atoms in total. The minimum Gasteiger partial charge on any atom is -0.456 e. The number of nitrogens with zero attached hydrogens (tertiary/aromatic N) is 4. The van der Waals surface area contributed by atoms with Gasteiger partial charge in [0.15, 0.2) is 0 Å². The van der Waals surface area contributed by atoms with Crippen LogP contribution in [0.1, 0.15) is 52.7 Å². The van der Waals surface area contributed by atoms with Crippen LogP contribution in [0.25, 0.3) is 63.7 Å². The Labute approximate surface area is 523 Å². The summed E-state index contributed by atoms with van der Waals surface area (Å²) in [5.41, 5.74) is 21.2. The zero-order valence-corrected chi connectivity index (χ0v) is 51.5. The van der Waals surface area contributed by atoms with Crippen molar-refractivity contribution in [2.75, 3.05) is 19.6 Å². The largest absolute Gasteiger partial charge is 0.456 e. The Kier molecular flexibility index (Phi) is 12.0. The van der Waals surface area contributed by atoms with Gasteiger partial charge in [-0.25, -0.2) is 0 Å². The maximum Gasteiger partial charge on any atom is 0.252 e. The molecule has 7 heteroatoms. The molecular formula is C82H63BN4OS. The molecule has 89 heavy (non-hydrogen) atoms. The lowest BCUT2D eigenvalue weighted by molar-refractivity contribution is 0.590. The van der Waals surface area contributed by atoms with Gasteiger partial charge in [-0.05, 0) is 175 Å². The Balaban J connectivity index is 0.991. The minimum atomic E-state index is -0.161. The van der Waals surface area contributed by atoms with Crippen LogP contribution in [0.2, 0.25) is 0 Å². The monoisotopic (exact) mass is 1160 g/mol. The van der Waals surface area contributed by atoms with Crippen molar-refractivity contribution in [1.82, 2.24) is 0 Å². The van der Waals surface area contributed by atoms with Gasteiger partial charge in [0.1, 0.15) is 11.2 Å². The number of para-hydroxylation sites is 2. The molecule has 0 saturated heterocycles. The molecule has 4 heterocycles. The summed E-state index contributed by atoms with van der Waals surface area (Å²) >= 11 is 1.91. The lowest BCUT2D eigenvalue weighted by Gasteiger charge is -2.45. The first-order valence-electron chi connectivity index (χ1n) is 31.0. The summed E-state index contributed by atoms with van der Waals surface area (Å²) in [4.78, 5) is 10.1. The van der Waals surface area contributed by atoms with E-state index in [-0.39, 0.29) is 17.5 Å². The molecule has 13 aromatic carbocycles. The second-order valence-electron chi connectivity index (χ2n) is 26.2. The lowest BCUT2D eigenvalue weighted by Crippen LogP contribution is -2.61. The van der Waals surface area contributed by atoms with Crippen LogP contribution in [0.15, 0.2) is 277 Å². The van der Waals surface area contributed by atoms with Gasteiger partial charge in [-0.2, -0.15) is 0 Å². The zero-order valence-electron chi connectivity index (χ0n) is 50.7. The average Bonchev–Trinajstić information content (AvgIpc) is 1.32. The summed E-state index contributed by atoms with van der Waals surface area (Å²) in [7, 11) is 0. The predicted molar refractivity (Wildman–Crippen MR) is 382 cm³/mol. The molecule has 0 N–H and O–H groups in total. The Morgan fingerprint density at radius 2 is 0.843 bits per heavy atom. The molecule has 0 atom stereocenters. The molecular weight excluding hydrogens is 1100 g/mol. The van der Waals surface area contributed by atoms with Crippen LogP contribution < -0.4 is 36.0 Å². The topological polar surface area (TPSA) is 26.1 Å². The number of hydrogen-bond acceptors (Lipinski definition) is 6. The normalized spacial score (nSPS) is 13.0. The zero-order chi connectivity index (χ0) is 59.9. The fourth-order valence-electron chi connectivity index (χ4n) is 14.2. The van der Waals surface area contributed by atoms with E-state index in [1.807, 2.05) is 17.4 Å². The van der Waals surface area contributed by atoms with Crippen LogP contribution in [0.5, 0.6) is 0 Å². The van der Waals surface area contributed by atoms with E-state index >= 15 is 0 Å². The molecule has 0 unspecified atom stereocenters. The fraction of sp³-hybridized carbons (Fsp3) is 0.0976. The van der Waals surface area contributed by atoms with Crippen molar-refractivity contribution >= 4 is 166 Å². The standard InChI is InChI=1S/C82H63BN4OS/c1-81(2,3)56-30-36-59(37-31-56)86-72-49-64(85(62-35-29-53-19-11-13-21-55(53)47-62)63-41-45-76-69(48-63)66-24-14-16-26-75(66)88-76)40-43-70(72)83-71-44-42-68-67-25-15-17-27-77(67)89-80(68)79(71)87(60-38-32-57(33-39-60)82(4,5)6)74-51-65(50-73(86)78(74)83)84(58-22-8-7-9-23-58)61-34-28-52-18-10-12-20-54(52)46-61/h7-51H,1-6H3. The Morgan fingerprint density at radius 3 is 1.51 bits per heavy atom. The minimum absolute atomic E-state index is 0.0346. The van der Waals surface area contributed by atoms with Gasteiger partial charge >= 0.3 is 0 Å². The van der Waals surface area contributed by atoms with Crippen molar-refractivity contribution in [1.29, 1.82) is 0 Å². The molecule has 0 fully saturated rings. The Morgan fingerprint density at radius 1 is 0.348 bits per heavy atom. The second-order valence-corrected chi connectivity index (χ2v) is 27.2. The van der Waals surface area contributed by atoms with Gasteiger partial charge in [0.25, 0.3) is 6.71 Å². The fourth-order valence-corrected chi connectivity index (χ4v) is 15.5. The first-order valence-corrected chi connectivity index (χ1v) is 31.8. The molecule has 426 valence electrons. The van der Waals surface area contributed by atoms with Gasteiger partial charge in [0.05, 0.1) is 16.1 Å². The lowest BCUT2D eigenvalue weighted by atomic mass is 9.33. The van der Waals surface area contributed by atoms with E-state index in [1.165, 1.54) is 74.9 Å². The van der Waals surface area contributed by atoms with Crippen LogP contribution >= 0.6 is 11.3 Å². The van der Waals surface area contributed by atoms with Crippen molar-refractivity contribution in [3.63, 3.8) is 0 Å². The first kappa shape index (κ1) is 52.9. The summed E-state index contributed by atoms with van der Waals surface area (Å²) in [6.45, 7) is 13.7. The van der Waals surface area contributed by atoms with Gasteiger partial charge in [-0.1, -0.05) is 199 Å². The van der Waals surface area contributed by atoms with Crippen molar-refractivity contribution in [2.24, 2.45) is 0 Å². The second kappa shape index (κ2) is 20.1. The number of fused-ring (bicyclic) bond motifs is 13. The molecule has 15 aromatic rings. The predicted octanol–water partition coefficient (Wildman–Crippen LogP) is 21.9. The van der Waals surface area contributed by atoms with E-state index in [4.69, 9.17) is 4.42 Å². The molecule has 0 amide bonds. The number of furan rings is 1. The third kappa shape index (κ3) is 8.65. The van der Waals surface area contributed by atoms with Crippen LogP contribution in [-0.4, -0.2) is 6.71 Å². The summed E-state index contributed by atoms with van der Waals surface area (Å²) in [6.07, 6.45) is 0. The molecule has 2 aliphatic rings. The number of benzene rings is 13. The maximum atomic E-state index is 6.49. The van der Waals surface area contributed by atoms with Gasteiger partial charge in [0.2, 0.25) is 0 Å². The molecule has 0 aliphatic carbocycles. The van der Waals surface area contributed by atoms with Gasteiger partial charge in [0, 0.05) is 83.1 Å². The molecule has 0 saturated carbocycles. The van der Waals surface area contributed by atoms with E-state index in [2.05, 4.69) is 328 Å². The highest BCUT2D eigenvalue weighted by Gasteiger charge is 2.45. The van der Waals surface area contributed by atoms with E-state index in [0.29, 0.717) is 0 Å². The molecule has 2 aromatic heterocycles. The highest BCUT2D eigenvalue weighted by atomic mass is 32.1. The van der Waals surface area contributed by atoms with Gasteiger partial charge < -0.3 is 24.0 Å². The van der Waals surface area contributed by atoms with Crippen LogP contribution in [0, 0.1) is 0 Å². The summed E-state index contributed by atoms with van der Waals surface area (Å²) in [5, 5.41) is 9.48. The highest BCUT2D eigenvalue weighted by Crippen LogP contribution is 2.53. The van der Waals surface area contributed by atoms with Crippen molar-refractivity contribution in [3.05, 3.63) is 284 Å². The van der Waals surface area contributed by atoms with Crippen molar-refractivity contribution < 1.29 is 4.42 Å². The van der Waals surface area contributed by atoms with Gasteiger partial charge in [-0.3, -0.25) is 0 Å². The molecule has 17 rings (SSSR count). The first-order chi connectivity index (χ1) is 43.4. The number of thiophene rings is 1. The van der Waals surface area contributed by atoms with Crippen molar-refractivity contribution in [2.45, 2.75) is 52.4 Å². The van der Waals surface area contributed by atoms with E-state index in [1.54, 1.807) is 0 Å². The van der Waals surface area contributed by atoms with E-state index in [9.17, 15) is 0 Å². The van der Waals surface area contributed by atoms with Crippen LogP contribution in [0.3, 0.4) is 0 Å². The van der Waals surface area contributed by atoms with E-state index in [0.717, 1.165) is 84.5 Å². The molecule has 0 bridgehead atoms. The summed E-state index contributed by atoms with van der Waals surface area (Å²) in [5.74, 6) is 0. The quantitative estimate of drug-likeness (QED) is 0.141. The third-order valence-electron chi connectivity index (χ3n) is 18.7. The molecule has 0 radical (unpaired) electrons. The smallest absolute Gasteiger partial charge is 0.252 e. The summed E-state index contributed by atoms with van der Waals surface area (Å²) < 4.78 is 9.05. The number of anilines is 12. The van der Waals surface area contributed by atoms with Crippen molar-refractivity contribution in [3.8, 4) is 0 Å². The average molecular weight is 1160 g/mol. The summed E-state index contributed by atoms with van der Waals surface area (Å²) in [6, 6.07) is 102. The number of hydrogen-bond donors (Lipinski definition) is 0. The number of rotatable bonds is 8. The maximum absolute atomic E-state index is 6.49. The Hall–Kier alpha value is -10.3. The SMILES string of the molecule is CC(C)(C)c1ccc(N2c3cc(N(c4ccc5ccccc5c4)c4ccc5oc6ccccc6c5c4)ccc3B3c4ccc5c(sc6ccccc65)c4N(c4ccc(C(C)(C)C)cc4)c4cc(N(c5ccccc5)c5ccc6ccccc6c5)cc2c43)cc1. The van der Waals surface area contributed by atoms with Crippen LogP contribution in [0.4, 0.5) is 68.2 Å². The third-order valence-corrected chi connectivity index (χ3v) is 19.9. The van der Waals surface area contributed by atoms with Gasteiger partial charge in [-0.15, -0.1) is 11.3 Å². The molecule has 2 aliphatic heterocycles. The molecule has 0 spiro atoms. The Bertz CT molecular complexity index is 5330. The van der Waals surface area contributed by atoms with E-state index < -0.39 is 0 Å². The highest BCUT2D eigenvalue weighted by molar-refractivity contribution is 7.26.